The second kappa shape index (κ2) is 6.66. The van der Waals surface area contributed by atoms with Crippen LogP contribution < -0.4 is 0 Å². The van der Waals surface area contributed by atoms with Gasteiger partial charge in [0.1, 0.15) is 0 Å². The van der Waals surface area contributed by atoms with Gasteiger partial charge >= 0.3 is 0 Å². The first-order valence-electron chi connectivity index (χ1n) is 6.66. The molecule has 98 valence electrons. The van der Waals surface area contributed by atoms with Crippen molar-refractivity contribution >= 4 is 5.78 Å². The Morgan fingerprint density at radius 2 is 1.89 bits per heavy atom. The first-order chi connectivity index (χ1) is 8.77. The van der Waals surface area contributed by atoms with Crippen molar-refractivity contribution in [2.24, 2.45) is 5.92 Å². The molecular formula is C15H20O3. The lowest BCUT2D eigenvalue weighted by Crippen LogP contribution is -2.27. The van der Waals surface area contributed by atoms with Crippen molar-refractivity contribution in [3.05, 3.63) is 35.9 Å². The van der Waals surface area contributed by atoms with Crippen LogP contribution in [-0.2, 0) is 4.74 Å². The number of aliphatic hydroxyl groups excluding tert-OH is 1. The molecule has 0 radical (unpaired) electrons. The highest BCUT2D eigenvalue weighted by atomic mass is 16.6. The number of ether oxygens (including phenoxy) is 1. The van der Waals surface area contributed by atoms with Crippen molar-refractivity contribution in [3.63, 3.8) is 0 Å². The number of rotatable bonds is 5. The van der Waals surface area contributed by atoms with Crippen LogP contribution in [0, 0.1) is 5.92 Å². The zero-order chi connectivity index (χ0) is 12.8. The molecule has 0 bridgehead atoms. The first kappa shape index (κ1) is 13.2. The van der Waals surface area contributed by atoms with Crippen molar-refractivity contribution in [3.8, 4) is 0 Å². The van der Waals surface area contributed by atoms with Gasteiger partial charge in [0, 0.05) is 5.56 Å². The van der Waals surface area contributed by atoms with Crippen LogP contribution in [0.25, 0.3) is 0 Å². The van der Waals surface area contributed by atoms with E-state index >= 15 is 0 Å². The zero-order valence-electron chi connectivity index (χ0n) is 10.5. The molecule has 0 spiro atoms. The number of Topliss-reactive ketones (excluding diaryl/α,β-unsaturated/α-hetero) is 1. The van der Waals surface area contributed by atoms with Gasteiger partial charge in [0.15, 0.2) is 0 Å². The fourth-order valence-electron chi connectivity index (χ4n) is 2.40. The Kier molecular flexibility index (Phi) is 4.90. The second-order valence-corrected chi connectivity index (χ2v) is 4.92. The number of aliphatic hydroxyl groups is 1. The van der Waals surface area contributed by atoms with E-state index in [2.05, 4.69) is 0 Å². The van der Waals surface area contributed by atoms with Crippen LogP contribution in [0.1, 0.15) is 42.5 Å². The fourth-order valence-corrected chi connectivity index (χ4v) is 2.40. The smallest absolute Gasteiger partial charge is 0.220 e. The summed E-state index contributed by atoms with van der Waals surface area (Å²) >= 11 is 0. The molecule has 1 fully saturated rings. The highest BCUT2D eigenvalue weighted by Gasteiger charge is 2.20. The van der Waals surface area contributed by atoms with E-state index in [1.54, 1.807) is 24.3 Å². The summed E-state index contributed by atoms with van der Waals surface area (Å²) in [6.07, 6.45) is 4.72. The lowest BCUT2D eigenvalue weighted by Gasteiger charge is -2.22. The van der Waals surface area contributed by atoms with Crippen LogP contribution >= 0.6 is 0 Å². The Labute approximate surface area is 108 Å². The number of hydrogen-bond acceptors (Lipinski definition) is 3. The van der Waals surface area contributed by atoms with Gasteiger partial charge in [0.25, 0.3) is 0 Å². The largest absolute Gasteiger partial charge is 0.362 e. The van der Waals surface area contributed by atoms with Crippen LogP contribution in [0.2, 0.25) is 0 Å². The van der Waals surface area contributed by atoms with Crippen LogP contribution in [0.4, 0.5) is 0 Å². The van der Waals surface area contributed by atoms with Gasteiger partial charge in [-0.3, -0.25) is 4.79 Å². The lowest BCUT2D eigenvalue weighted by atomic mass is 9.90. The quantitative estimate of drug-likeness (QED) is 0.644. The predicted octanol–water partition coefficient (Wildman–Crippen LogP) is 2.78. The van der Waals surface area contributed by atoms with Crippen molar-refractivity contribution in [1.29, 1.82) is 0 Å². The topological polar surface area (TPSA) is 46.5 Å². The van der Waals surface area contributed by atoms with Gasteiger partial charge in [-0.25, -0.2) is 0 Å². The molecule has 2 rings (SSSR count). The summed E-state index contributed by atoms with van der Waals surface area (Å²) in [6, 6.07) is 8.78. The average molecular weight is 248 g/mol. The van der Waals surface area contributed by atoms with Crippen LogP contribution in [0.15, 0.2) is 30.3 Å². The van der Waals surface area contributed by atoms with Gasteiger partial charge in [-0.1, -0.05) is 49.6 Å². The highest BCUT2D eigenvalue weighted by molar-refractivity contribution is 5.98. The summed E-state index contributed by atoms with van der Waals surface area (Å²) < 4.78 is 5.30. The molecule has 0 aromatic heterocycles. The molecule has 3 heteroatoms. The molecule has 0 aliphatic heterocycles. The van der Waals surface area contributed by atoms with E-state index in [0.29, 0.717) is 18.1 Å². The SMILES string of the molecule is O=C(c1ccccc1)C(O)OCC1CCCCC1. The first-order valence-corrected chi connectivity index (χ1v) is 6.66. The number of ketones is 1. The third kappa shape index (κ3) is 3.65. The Morgan fingerprint density at radius 3 is 2.56 bits per heavy atom. The molecule has 1 atom stereocenters. The van der Waals surface area contributed by atoms with Gasteiger partial charge in [0.05, 0.1) is 6.61 Å². The standard InChI is InChI=1S/C15H20O3/c16-14(13-9-5-2-6-10-13)15(17)18-11-12-7-3-1-4-8-12/h2,5-6,9-10,12,15,17H,1,3-4,7-8,11H2. The van der Waals surface area contributed by atoms with Crippen molar-refractivity contribution in [2.45, 2.75) is 38.4 Å². The molecule has 1 saturated carbocycles. The second-order valence-electron chi connectivity index (χ2n) is 4.92. The Morgan fingerprint density at radius 1 is 1.22 bits per heavy atom. The molecule has 1 aliphatic rings. The maximum atomic E-state index is 11.8. The highest BCUT2D eigenvalue weighted by Crippen LogP contribution is 2.24. The van der Waals surface area contributed by atoms with Crippen LogP contribution in [0.3, 0.4) is 0 Å². The molecule has 1 aromatic carbocycles. The third-order valence-corrected chi connectivity index (χ3v) is 3.50. The molecule has 0 saturated heterocycles. The van der Waals surface area contributed by atoms with Crippen LogP contribution in [-0.4, -0.2) is 23.8 Å². The van der Waals surface area contributed by atoms with E-state index in [9.17, 15) is 9.90 Å². The molecule has 1 unspecified atom stereocenters. The summed E-state index contributed by atoms with van der Waals surface area (Å²) in [5.41, 5.74) is 0.494. The summed E-state index contributed by atoms with van der Waals surface area (Å²) in [7, 11) is 0. The average Bonchev–Trinajstić information content (AvgIpc) is 2.46. The van der Waals surface area contributed by atoms with E-state index in [1.807, 2.05) is 6.07 Å². The predicted molar refractivity (Wildman–Crippen MR) is 69.3 cm³/mol. The van der Waals surface area contributed by atoms with E-state index < -0.39 is 6.29 Å². The van der Waals surface area contributed by atoms with E-state index in [0.717, 1.165) is 12.8 Å². The number of carbonyl (C=O) groups is 1. The zero-order valence-corrected chi connectivity index (χ0v) is 10.5. The summed E-state index contributed by atoms with van der Waals surface area (Å²) in [4.78, 5) is 11.8. The minimum atomic E-state index is -1.32. The van der Waals surface area contributed by atoms with Crippen molar-refractivity contribution in [1.82, 2.24) is 0 Å². The number of hydrogen-bond donors (Lipinski definition) is 1. The molecular weight excluding hydrogens is 228 g/mol. The minimum Gasteiger partial charge on any atom is -0.362 e. The summed E-state index contributed by atoms with van der Waals surface area (Å²) in [6.45, 7) is 0.486. The van der Waals surface area contributed by atoms with Crippen molar-refractivity contribution < 1.29 is 14.6 Å². The van der Waals surface area contributed by atoms with Crippen LogP contribution in [0.5, 0.6) is 0 Å². The van der Waals surface area contributed by atoms with E-state index in [-0.39, 0.29) is 5.78 Å². The molecule has 0 heterocycles. The van der Waals surface area contributed by atoms with Crippen molar-refractivity contribution in [2.75, 3.05) is 6.61 Å². The number of benzene rings is 1. The normalized spacial score (nSPS) is 18.5. The monoisotopic (exact) mass is 248 g/mol. The lowest BCUT2D eigenvalue weighted by molar-refractivity contribution is -0.0853. The third-order valence-electron chi connectivity index (χ3n) is 3.50. The molecule has 1 aromatic rings. The molecule has 0 amide bonds. The minimum absolute atomic E-state index is 0.355. The Hall–Kier alpha value is -1.19. The fraction of sp³-hybridized carbons (Fsp3) is 0.533. The van der Waals surface area contributed by atoms with Gasteiger partial charge in [-0.15, -0.1) is 0 Å². The van der Waals surface area contributed by atoms with E-state index in [1.165, 1.54) is 19.3 Å². The van der Waals surface area contributed by atoms with Gasteiger partial charge in [-0.05, 0) is 18.8 Å². The maximum Gasteiger partial charge on any atom is 0.220 e. The van der Waals surface area contributed by atoms with E-state index in [4.69, 9.17) is 4.74 Å². The van der Waals surface area contributed by atoms with Gasteiger partial charge < -0.3 is 9.84 Å². The molecule has 1 aliphatic carbocycles. The summed E-state index contributed by atoms with van der Waals surface area (Å²) in [5, 5.41) is 9.73. The number of carbonyl (C=O) groups excluding carboxylic acids is 1. The molecule has 1 N–H and O–H groups in total. The summed E-state index contributed by atoms with van der Waals surface area (Å²) in [5.74, 6) is 0.142. The molecule has 18 heavy (non-hydrogen) atoms. The molecule has 3 nitrogen and oxygen atoms in total. The van der Waals surface area contributed by atoms with Gasteiger partial charge in [-0.2, -0.15) is 0 Å². The Balaban J connectivity index is 1.80. The van der Waals surface area contributed by atoms with Gasteiger partial charge in [0.2, 0.25) is 12.1 Å². The Bertz CT molecular complexity index is 369. The maximum absolute atomic E-state index is 11.8.